The molecule has 0 unspecified atom stereocenters. The minimum atomic E-state index is -3.59. The van der Waals surface area contributed by atoms with Crippen LogP contribution in [0.5, 0.6) is 0 Å². The molecular formula is C31H38NO8P. The van der Waals surface area contributed by atoms with Crippen molar-refractivity contribution in [2.75, 3.05) is 13.2 Å². The summed E-state index contributed by atoms with van der Waals surface area (Å²) < 4.78 is 24.7. The molecular weight excluding hydrogens is 545 g/mol. The number of carboxylic acids is 2. The molecule has 0 spiro atoms. The van der Waals surface area contributed by atoms with Gasteiger partial charge in [-0.05, 0) is 59.7 Å². The number of hydrogen-bond acceptors (Lipinski definition) is 6. The van der Waals surface area contributed by atoms with Gasteiger partial charge in [0.2, 0.25) is 11.4 Å². The number of amides is 1. The van der Waals surface area contributed by atoms with E-state index in [0.717, 1.165) is 23.3 Å². The molecule has 1 amide bonds. The van der Waals surface area contributed by atoms with Crippen LogP contribution in [0.2, 0.25) is 0 Å². The molecule has 3 aromatic carbocycles. The summed E-state index contributed by atoms with van der Waals surface area (Å²) in [6, 6.07) is 18.8. The highest BCUT2D eigenvalue weighted by atomic mass is 31.2. The first-order valence-electron chi connectivity index (χ1n) is 13.7. The van der Waals surface area contributed by atoms with Gasteiger partial charge in [-0.3, -0.25) is 9.36 Å². The summed E-state index contributed by atoms with van der Waals surface area (Å²) in [6.07, 6.45) is 0.0157. The zero-order chi connectivity index (χ0) is 30.4. The van der Waals surface area contributed by atoms with Gasteiger partial charge in [0.1, 0.15) is 0 Å². The third-order valence-electron chi connectivity index (χ3n) is 7.60. The maximum absolute atomic E-state index is 13.6. The van der Waals surface area contributed by atoms with Gasteiger partial charge in [-0.2, -0.15) is 0 Å². The average molecular weight is 584 g/mol. The predicted molar refractivity (Wildman–Crippen MR) is 158 cm³/mol. The molecule has 0 heterocycles. The van der Waals surface area contributed by atoms with Crippen molar-refractivity contribution < 1.29 is 38.2 Å². The summed E-state index contributed by atoms with van der Waals surface area (Å²) in [6.45, 7) is 8.22. The zero-order valence-electron chi connectivity index (χ0n) is 24.1. The Labute approximate surface area is 240 Å². The fourth-order valence-electron chi connectivity index (χ4n) is 5.83. The van der Waals surface area contributed by atoms with E-state index >= 15 is 0 Å². The Morgan fingerprint density at radius 2 is 1.44 bits per heavy atom. The minimum Gasteiger partial charge on any atom is -0.479 e. The minimum absolute atomic E-state index is 0.0649. The van der Waals surface area contributed by atoms with Gasteiger partial charge in [0.25, 0.3) is 0 Å². The van der Waals surface area contributed by atoms with Gasteiger partial charge in [-0.15, -0.1) is 0 Å². The van der Waals surface area contributed by atoms with Gasteiger partial charge in [-0.25, -0.2) is 9.59 Å². The molecule has 0 aliphatic heterocycles. The van der Waals surface area contributed by atoms with Gasteiger partial charge < -0.3 is 24.6 Å². The van der Waals surface area contributed by atoms with Crippen molar-refractivity contribution in [1.82, 2.24) is 5.32 Å². The second kappa shape index (κ2) is 13.0. The maximum Gasteiger partial charge on any atom is 0.342 e. The number of carbonyl (C=O) groups excluding carboxylic acids is 1. The molecule has 41 heavy (non-hydrogen) atoms. The van der Waals surface area contributed by atoms with Crippen LogP contribution in [-0.2, 0) is 39.6 Å². The van der Waals surface area contributed by atoms with Crippen molar-refractivity contribution in [2.45, 2.75) is 64.6 Å². The standard InChI is InChI=1S/C31H38NO8P/c1-6-30(7-2,31(28(34)35,29(36)37)32-21(5)33)25-18-22(20-41(38,39-8-3)40-9-4)17-24(19-25)27-16-12-14-23-13-10-11-15-26(23)27/h10-19H,6-9,20H2,1-5H3,(H,32,33)(H,34,35)(H,36,37). The van der Waals surface area contributed by atoms with Crippen LogP contribution in [-0.4, -0.2) is 46.8 Å². The Kier molecular flexibility index (Phi) is 10.1. The maximum atomic E-state index is 13.6. The molecule has 0 radical (unpaired) electrons. The lowest BCUT2D eigenvalue weighted by molar-refractivity contribution is -0.166. The van der Waals surface area contributed by atoms with Crippen LogP contribution in [0.25, 0.3) is 21.9 Å². The van der Waals surface area contributed by atoms with E-state index in [9.17, 15) is 29.2 Å². The van der Waals surface area contributed by atoms with E-state index in [-0.39, 0.29) is 32.2 Å². The lowest BCUT2D eigenvalue weighted by Crippen LogP contribution is -2.71. The molecule has 0 bridgehead atoms. The predicted octanol–water partition coefficient (Wildman–Crippen LogP) is 6.37. The van der Waals surface area contributed by atoms with Gasteiger partial charge in [0.15, 0.2) is 0 Å². The van der Waals surface area contributed by atoms with Gasteiger partial charge in [0.05, 0.1) is 19.4 Å². The molecule has 0 aliphatic rings. The molecule has 3 aromatic rings. The molecule has 0 saturated heterocycles. The van der Waals surface area contributed by atoms with Gasteiger partial charge in [0, 0.05) is 12.3 Å². The van der Waals surface area contributed by atoms with E-state index in [1.54, 1.807) is 39.8 Å². The number of hydrogen-bond donors (Lipinski definition) is 3. The summed E-state index contributed by atoms with van der Waals surface area (Å²) >= 11 is 0. The fourth-order valence-corrected chi connectivity index (χ4v) is 7.51. The van der Waals surface area contributed by atoms with Crippen molar-refractivity contribution in [2.24, 2.45) is 0 Å². The first-order chi connectivity index (χ1) is 19.4. The summed E-state index contributed by atoms with van der Waals surface area (Å²) in [5, 5.41) is 25.1. The van der Waals surface area contributed by atoms with Crippen molar-refractivity contribution in [3.63, 3.8) is 0 Å². The van der Waals surface area contributed by atoms with Crippen LogP contribution in [0.15, 0.2) is 60.7 Å². The van der Waals surface area contributed by atoms with Crippen molar-refractivity contribution in [1.29, 1.82) is 0 Å². The van der Waals surface area contributed by atoms with Gasteiger partial charge in [-0.1, -0.05) is 74.5 Å². The topological polar surface area (TPSA) is 139 Å². The van der Waals surface area contributed by atoms with Crippen molar-refractivity contribution in [3.05, 3.63) is 71.8 Å². The monoisotopic (exact) mass is 583 g/mol. The average Bonchev–Trinajstić information content (AvgIpc) is 2.92. The second-order valence-corrected chi connectivity index (χ2v) is 11.9. The summed E-state index contributed by atoms with van der Waals surface area (Å²) in [4.78, 5) is 38.0. The number of fused-ring (bicyclic) bond motifs is 1. The Morgan fingerprint density at radius 1 is 0.854 bits per heavy atom. The summed E-state index contributed by atoms with van der Waals surface area (Å²) in [5.41, 5.74) is -1.87. The summed E-state index contributed by atoms with van der Waals surface area (Å²) in [7, 11) is -3.59. The third-order valence-corrected chi connectivity index (χ3v) is 9.66. The van der Waals surface area contributed by atoms with Crippen molar-refractivity contribution in [3.8, 4) is 11.1 Å². The van der Waals surface area contributed by atoms with Crippen molar-refractivity contribution >= 4 is 36.2 Å². The first kappa shape index (κ1) is 32.0. The Morgan fingerprint density at radius 3 is 1.98 bits per heavy atom. The molecule has 0 aliphatic carbocycles. The smallest absolute Gasteiger partial charge is 0.342 e. The van der Waals surface area contributed by atoms with E-state index < -0.39 is 36.4 Å². The van der Waals surface area contributed by atoms with E-state index in [0.29, 0.717) is 16.7 Å². The molecule has 9 nitrogen and oxygen atoms in total. The quantitative estimate of drug-likeness (QED) is 0.147. The SMILES string of the molecule is CCOP(=O)(Cc1cc(-c2cccc3ccccc23)cc(C(CC)(CC)C(NC(C)=O)(C(=O)O)C(=O)O)c1)OCC. The number of rotatable bonds is 14. The zero-order valence-corrected chi connectivity index (χ0v) is 25.0. The lowest BCUT2D eigenvalue weighted by Gasteiger charge is -2.45. The van der Waals surface area contributed by atoms with E-state index in [4.69, 9.17) is 9.05 Å². The van der Waals surface area contributed by atoms with Crippen LogP contribution < -0.4 is 5.32 Å². The van der Waals surface area contributed by atoms with Crippen LogP contribution in [0.4, 0.5) is 0 Å². The molecule has 3 rings (SSSR count). The van der Waals surface area contributed by atoms with Gasteiger partial charge >= 0.3 is 19.5 Å². The van der Waals surface area contributed by atoms with E-state index in [1.807, 2.05) is 48.5 Å². The second-order valence-electron chi connectivity index (χ2n) is 9.88. The number of nitrogens with one attached hydrogen (secondary N) is 1. The molecule has 220 valence electrons. The van der Waals surface area contributed by atoms with Crippen LogP contribution in [0, 0.1) is 0 Å². The van der Waals surface area contributed by atoms with Crippen LogP contribution in [0.3, 0.4) is 0 Å². The van der Waals surface area contributed by atoms with Crippen LogP contribution in [0.1, 0.15) is 58.6 Å². The highest BCUT2D eigenvalue weighted by Gasteiger charge is 2.62. The number of carboxylic acid groups (broad SMARTS) is 2. The van der Waals surface area contributed by atoms with E-state index in [1.165, 1.54) is 0 Å². The Balaban J connectivity index is 2.45. The molecule has 0 saturated carbocycles. The number of benzene rings is 3. The van der Waals surface area contributed by atoms with E-state index in [2.05, 4.69) is 5.32 Å². The summed E-state index contributed by atoms with van der Waals surface area (Å²) in [5.74, 6) is -4.16. The third kappa shape index (κ3) is 6.08. The molecule has 10 heteroatoms. The molecule has 0 fully saturated rings. The molecule has 0 aromatic heterocycles. The Bertz CT molecular complexity index is 1450. The van der Waals surface area contributed by atoms with Crippen LogP contribution >= 0.6 is 7.60 Å². The lowest BCUT2D eigenvalue weighted by atomic mass is 9.61. The largest absolute Gasteiger partial charge is 0.479 e. The molecule has 3 N–H and O–H groups in total. The highest BCUT2D eigenvalue weighted by molar-refractivity contribution is 7.53. The normalized spacial score (nSPS) is 12.3. The fraction of sp³-hybridized carbons (Fsp3) is 0.387. The Hall–Kier alpha value is -3.52. The number of carbonyl (C=O) groups is 3. The first-order valence-corrected chi connectivity index (χ1v) is 15.4. The molecule has 0 atom stereocenters. The highest BCUT2D eigenvalue weighted by Crippen LogP contribution is 2.53. The number of aliphatic carboxylic acids is 2.